The fraction of sp³-hybridized carbons (Fsp3) is 0.346. The van der Waals surface area contributed by atoms with Crippen molar-refractivity contribution in [3.8, 4) is 0 Å². The minimum absolute atomic E-state index is 0.0590. The van der Waals surface area contributed by atoms with Crippen molar-refractivity contribution in [3.05, 3.63) is 82.9 Å². The van der Waals surface area contributed by atoms with E-state index in [1.54, 1.807) is 0 Å². The Labute approximate surface area is 172 Å². The van der Waals surface area contributed by atoms with E-state index in [1.165, 1.54) is 21.9 Å². The topological polar surface area (TPSA) is 41.1 Å². The van der Waals surface area contributed by atoms with E-state index in [-0.39, 0.29) is 11.4 Å². The summed E-state index contributed by atoms with van der Waals surface area (Å²) in [4.78, 5) is 13.3. The molecule has 0 atom stereocenters. The third-order valence-electron chi connectivity index (χ3n) is 6.72. The number of nitrogens with one attached hydrogen (secondary N) is 2. The highest BCUT2D eigenvalue weighted by atomic mass is 16.1. The average Bonchev–Trinajstić information content (AvgIpc) is 3.54. The minimum atomic E-state index is -0.227. The van der Waals surface area contributed by atoms with Gasteiger partial charge in [0.2, 0.25) is 0 Å². The Kier molecular flexibility index (Phi) is 4.63. The van der Waals surface area contributed by atoms with Crippen LogP contribution >= 0.6 is 0 Å². The molecule has 1 amide bonds. The number of amides is 1. The summed E-state index contributed by atoms with van der Waals surface area (Å²) in [7, 11) is 0. The second-order valence-electron chi connectivity index (χ2n) is 8.66. The molecule has 1 aliphatic heterocycles. The van der Waals surface area contributed by atoms with E-state index in [2.05, 4.69) is 71.3 Å². The molecule has 0 aromatic heterocycles. The highest BCUT2D eigenvalue weighted by Gasteiger charge is 2.46. The van der Waals surface area contributed by atoms with Crippen molar-refractivity contribution in [2.45, 2.75) is 44.1 Å². The van der Waals surface area contributed by atoms with Gasteiger partial charge in [0.15, 0.2) is 0 Å². The van der Waals surface area contributed by atoms with Crippen molar-refractivity contribution < 1.29 is 4.79 Å². The van der Waals surface area contributed by atoms with Crippen LogP contribution in [0.5, 0.6) is 0 Å². The highest BCUT2D eigenvalue weighted by Crippen LogP contribution is 2.48. The van der Waals surface area contributed by atoms with E-state index in [1.807, 2.05) is 6.92 Å². The van der Waals surface area contributed by atoms with Gasteiger partial charge in [0, 0.05) is 5.56 Å². The number of carbonyl (C=O) groups excluding carboxylic acids is 1. The summed E-state index contributed by atoms with van der Waals surface area (Å²) >= 11 is 0. The number of carbonyl (C=O) groups is 1. The largest absolute Gasteiger partial charge is 0.342 e. The Hall–Kier alpha value is -2.65. The first-order valence-corrected chi connectivity index (χ1v) is 10.8. The van der Waals surface area contributed by atoms with E-state index >= 15 is 0 Å². The number of aryl methyl sites for hydroxylation is 1. The molecule has 5 rings (SSSR count). The molecule has 1 heterocycles. The van der Waals surface area contributed by atoms with E-state index in [0.717, 1.165) is 49.9 Å². The molecular weight excluding hydrogens is 356 g/mol. The van der Waals surface area contributed by atoms with Gasteiger partial charge in [-0.3, -0.25) is 4.79 Å². The molecule has 0 unspecified atom stereocenters. The Balaban J connectivity index is 1.44. The smallest absolute Gasteiger partial charge is 0.252 e. The van der Waals surface area contributed by atoms with Crippen molar-refractivity contribution in [1.82, 2.24) is 10.6 Å². The lowest BCUT2D eigenvalue weighted by Gasteiger charge is -2.24. The van der Waals surface area contributed by atoms with Gasteiger partial charge in [0.05, 0.1) is 5.54 Å². The lowest BCUT2D eigenvalue weighted by atomic mass is 9.88. The van der Waals surface area contributed by atoms with Crippen molar-refractivity contribution in [1.29, 1.82) is 0 Å². The van der Waals surface area contributed by atoms with Crippen LogP contribution in [-0.2, 0) is 5.54 Å². The normalized spacial score (nSPS) is 18.5. The third-order valence-corrected chi connectivity index (χ3v) is 6.72. The van der Waals surface area contributed by atoms with Gasteiger partial charge in [-0.05, 0) is 85.1 Å². The van der Waals surface area contributed by atoms with Gasteiger partial charge in [-0.25, -0.2) is 0 Å². The summed E-state index contributed by atoms with van der Waals surface area (Å²) in [6.07, 6.45) is 4.29. The zero-order valence-corrected chi connectivity index (χ0v) is 17.0. The molecule has 2 fully saturated rings. The fourth-order valence-electron chi connectivity index (χ4n) is 4.81. The zero-order valence-electron chi connectivity index (χ0n) is 17.0. The summed E-state index contributed by atoms with van der Waals surface area (Å²) < 4.78 is 0. The Morgan fingerprint density at radius 3 is 2.55 bits per heavy atom. The van der Waals surface area contributed by atoms with Gasteiger partial charge in [0.1, 0.15) is 0 Å². The van der Waals surface area contributed by atoms with Crippen molar-refractivity contribution >= 4 is 16.7 Å². The van der Waals surface area contributed by atoms with Crippen LogP contribution in [0.15, 0.2) is 60.7 Å². The third kappa shape index (κ3) is 3.44. The van der Waals surface area contributed by atoms with E-state index in [0.29, 0.717) is 5.92 Å². The van der Waals surface area contributed by atoms with Gasteiger partial charge in [-0.1, -0.05) is 54.6 Å². The van der Waals surface area contributed by atoms with Crippen LogP contribution in [-0.4, -0.2) is 19.0 Å². The van der Waals surface area contributed by atoms with Crippen molar-refractivity contribution in [2.75, 3.05) is 13.1 Å². The highest BCUT2D eigenvalue weighted by molar-refractivity contribution is 5.97. The molecule has 29 heavy (non-hydrogen) atoms. The number of fused-ring (bicyclic) bond motifs is 1. The number of rotatable bonds is 4. The number of benzene rings is 3. The minimum Gasteiger partial charge on any atom is -0.342 e. The predicted molar refractivity (Wildman–Crippen MR) is 118 cm³/mol. The quantitative estimate of drug-likeness (QED) is 0.662. The molecule has 2 N–H and O–H groups in total. The maximum Gasteiger partial charge on any atom is 0.252 e. The second kappa shape index (κ2) is 7.31. The zero-order chi connectivity index (χ0) is 19.8. The fourth-order valence-corrected chi connectivity index (χ4v) is 4.81. The molecule has 0 spiro atoms. The van der Waals surface area contributed by atoms with Gasteiger partial charge in [-0.15, -0.1) is 0 Å². The molecule has 3 aromatic carbocycles. The maximum absolute atomic E-state index is 13.3. The lowest BCUT2D eigenvalue weighted by molar-refractivity contribution is 0.0930. The Bertz CT molecular complexity index is 1060. The van der Waals surface area contributed by atoms with E-state index in [4.69, 9.17) is 0 Å². The number of piperidine rings is 1. The van der Waals surface area contributed by atoms with Crippen LogP contribution in [0.3, 0.4) is 0 Å². The number of hydrogen-bond acceptors (Lipinski definition) is 2. The summed E-state index contributed by atoms with van der Waals surface area (Å²) in [6.45, 7) is 4.16. The van der Waals surface area contributed by atoms with Gasteiger partial charge in [0.25, 0.3) is 5.91 Å². The molecule has 0 bridgehead atoms. The first kappa shape index (κ1) is 18.4. The summed E-state index contributed by atoms with van der Waals surface area (Å²) in [5.74, 6) is 0.611. The van der Waals surface area contributed by atoms with Crippen LogP contribution in [0.1, 0.15) is 58.6 Å². The standard InChI is InChI=1S/C26H28N2O/c1-18-9-10-21(19-11-15-27-16-12-19)17-23(18)25(29)28-26(13-14-26)24-8-4-6-20-5-2-3-7-22(20)24/h2-10,17,19,27H,11-16H2,1H3,(H,28,29). The summed E-state index contributed by atoms with van der Waals surface area (Å²) in [5, 5.41) is 9.31. The molecule has 3 aromatic rings. The molecule has 2 aliphatic rings. The van der Waals surface area contributed by atoms with Crippen LogP contribution in [0.25, 0.3) is 10.8 Å². The van der Waals surface area contributed by atoms with Gasteiger partial charge >= 0.3 is 0 Å². The molecule has 1 saturated carbocycles. The van der Waals surface area contributed by atoms with Crippen LogP contribution < -0.4 is 10.6 Å². The van der Waals surface area contributed by atoms with E-state index < -0.39 is 0 Å². The molecule has 0 radical (unpaired) electrons. The van der Waals surface area contributed by atoms with Gasteiger partial charge in [-0.2, -0.15) is 0 Å². The van der Waals surface area contributed by atoms with Gasteiger partial charge < -0.3 is 10.6 Å². The summed E-state index contributed by atoms with van der Waals surface area (Å²) in [5.41, 5.74) is 4.20. The van der Waals surface area contributed by atoms with Crippen LogP contribution in [0, 0.1) is 6.92 Å². The lowest BCUT2D eigenvalue weighted by Crippen LogP contribution is -2.35. The molecule has 3 heteroatoms. The second-order valence-corrected chi connectivity index (χ2v) is 8.66. The Morgan fingerprint density at radius 1 is 1.00 bits per heavy atom. The first-order valence-electron chi connectivity index (χ1n) is 10.8. The monoisotopic (exact) mass is 384 g/mol. The van der Waals surface area contributed by atoms with Crippen LogP contribution in [0.4, 0.5) is 0 Å². The molecular formula is C26H28N2O. The SMILES string of the molecule is Cc1ccc(C2CCNCC2)cc1C(=O)NC1(c2cccc3ccccc23)CC1. The van der Waals surface area contributed by atoms with Crippen LogP contribution in [0.2, 0.25) is 0 Å². The molecule has 1 saturated heterocycles. The maximum atomic E-state index is 13.3. The molecule has 1 aliphatic carbocycles. The average molecular weight is 385 g/mol. The molecule has 3 nitrogen and oxygen atoms in total. The first-order chi connectivity index (χ1) is 14.2. The summed E-state index contributed by atoms with van der Waals surface area (Å²) in [6, 6.07) is 21.3. The number of hydrogen-bond donors (Lipinski definition) is 2. The van der Waals surface area contributed by atoms with Crippen molar-refractivity contribution in [2.24, 2.45) is 0 Å². The Morgan fingerprint density at radius 2 is 1.76 bits per heavy atom. The predicted octanol–water partition coefficient (Wildman–Crippen LogP) is 5.03. The van der Waals surface area contributed by atoms with Crippen molar-refractivity contribution in [3.63, 3.8) is 0 Å². The van der Waals surface area contributed by atoms with E-state index in [9.17, 15) is 4.79 Å². The molecule has 148 valence electrons.